The summed E-state index contributed by atoms with van der Waals surface area (Å²) >= 11 is 4.80. The van der Waals surface area contributed by atoms with E-state index in [0.29, 0.717) is 11.7 Å². The number of halogens is 1. The van der Waals surface area contributed by atoms with Crippen molar-refractivity contribution in [3.63, 3.8) is 0 Å². The van der Waals surface area contributed by atoms with Crippen molar-refractivity contribution >= 4 is 38.4 Å². The van der Waals surface area contributed by atoms with E-state index in [1.807, 2.05) is 16.3 Å². The fourth-order valence-electron chi connectivity index (χ4n) is 2.11. The third-order valence-corrected chi connectivity index (χ3v) is 4.14. The Morgan fingerprint density at radius 1 is 1.58 bits per heavy atom. The number of urea groups is 1. The molecule has 8 heteroatoms. The Morgan fingerprint density at radius 3 is 3.16 bits per heavy atom. The van der Waals surface area contributed by atoms with E-state index in [1.54, 1.807) is 17.3 Å². The van der Waals surface area contributed by atoms with Crippen molar-refractivity contribution in [2.75, 3.05) is 18.4 Å². The van der Waals surface area contributed by atoms with Gasteiger partial charge in [0.1, 0.15) is 0 Å². The number of anilines is 1. The van der Waals surface area contributed by atoms with Crippen LogP contribution in [0.15, 0.2) is 28.4 Å². The number of thiazole rings is 1. The van der Waals surface area contributed by atoms with Crippen molar-refractivity contribution in [1.82, 2.24) is 19.7 Å². The molecule has 1 aliphatic rings. The summed E-state index contributed by atoms with van der Waals surface area (Å²) in [5.41, 5.74) is 0. The molecule has 0 spiro atoms. The number of amides is 2. The summed E-state index contributed by atoms with van der Waals surface area (Å²) in [5.74, 6) is 0. The second-order valence-corrected chi connectivity index (χ2v) is 6.10. The first kappa shape index (κ1) is 12.6. The standard InChI is InChI=1S/C11H12BrN5OS/c12-8-5-14-17(6-8)9-1-3-16(7-9)11(18)15-10-13-2-4-19-10/h2,4-6,9H,1,3,7H2,(H,13,15,18). The number of rotatable bonds is 2. The molecular formula is C11H12BrN5OS. The van der Waals surface area contributed by atoms with Crippen LogP contribution >= 0.6 is 27.3 Å². The number of hydrogen-bond acceptors (Lipinski definition) is 4. The van der Waals surface area contributed by atoms with Gasteiger partial charge in [-0.2, -0.15) is 5.10 Å². The molecular weight excluding hydrogens is 330 g/mol. The quantitative estimate of drug-likeness (QED) is 0.912. The maximum Gasteiger partial charge on any atom is 0.323 e. The van der Waals surface area contributed by atoms with Gasteiger partial charge in [-0.05, 0) is 22.4 Å². The SMILES string of the molecule is O=C(Nc1nccs1)N1CCC(n2cc(Br)cn2)C1. The van der Waals surface area contributed by atoms with Crippen LogP contribution in [0.25, 0.3) is 0 Å². The van der Waals surface area contributed by atoms with Gasteiger partial charge in [0, 0.05) is 30.9 Å². The van der Waals surface area contributed by atoms with E-state index in [0.717, 1.165) is 17.4 Å². The highest BCUT2D eigenvalue weighted by molar-refractivity contribution is 9.10. The van der Waals surface area contributed by atoms with Crippen LogP contribution in [0.1, 0.15) is 12.5 Å². The number of carbonyl (C=O) groups excluding carboxylic acids is 1. The first-order valence-electron chi connectivity index (χ1n) is 5.87. The molecule has 0 radical (unpaired) electrons. The van der Waals surface area contributed by atoms with Gasteiger partial charge in [0.05, 0.1) is 16.7 Å². The molecule has 2 aromatic rings. The number of hydrogen-bond donors (Lipinski definition) is 1. The molecule has 1 saturated heterocycles. The molecule has 1 N–H and O–H groups in total. The van der Waals surface area contributed by atoms with E-state index in [2.05, 4.69) is 31.3 Å². The highest BCUT2D eigenvalue weighted by Gasteiger charge is 2.28. The van der Waals surface area contributed by atoms with Gasteiger partial charge >= 0.3 is 6.03 Å². The topological polar surface area (TPSA) is 63.1 Å². The van der Waals surface area contributed by atoms with Crippen molar-refractivity contribution in [2.45, 2.75) is 12.5 Å². The van der Waals surface area contributed by atoms with Gasteiger partial charge in [-0.3, -0.25) is 10.00 Å². The molecule has 1 aliphatic heterocycles. The minimum absolute atomic E-state index is 0.0938. The lowest BCUT2D eigenvalue weighted by Gasteiger charge is -2.16. The molecule has 1 unspecified atom stereocenters. The van der Waals surface area contributed by atoms with E-state index in [1.165, 1.54) is 11.3 Å². The summed E-state index contributed by atoms with van der Waals surface area (Å²) < 4.78 is 2.86. The molecule has 6 nitrogen and oxygen atoms in total. The van der Waals surface area contributed by atoms with Gasteiger partial charge in [0.2, 0.25) is 0 Å². The number of carbonyl (C=O) groups is 1. The van der Waals surface area contributed by atoms with Crippen LogP contribution in [-0.2, 0) is 0 Å². The number of nitrogens with zero attached hydrogens (tertiary/aromatic N) is 4. The fourth-order valence-corrected chi connectivity index (χ4v) is 2.93. The lowest BCUT2D eigenvalue weighted by Crippen LogP contribution is -2.33. The third-order valence-electron chi connectivity index (χ3n) is 3.04. The van der Waals surface area contributed by atoms with Gasteiger partial charge in [-0.1, -0.05) is 0 Å². The van der Waals surface area contributed by atoms with Crippen LogP contribution in [0.5, 0.6) is 0 Å². The van der Waals surface area contributed by atoms with E-state index >= 15 is 0 Å². The second-order valence-electron chi connectivity index (χ2n) is 4.29. The van der Waals surface area contributed by atoms with Crippen molar-refractivity contribution < 1.29 is 4.79 Å². The second kappa shape index (κ2) is 5.30. The Labute approximate surface area is 122 Å². The van der Waals surface area contributed by atoms with Crippen molar-refractivity contribution in [3.8, 4) is 0 Å². The lowest BCUT2D eigenvalue weighted by molar-refractivity contribution is 0.220. The lowest BCUT2D eigenvalue weighted by atomic mass is 10.3. The van der Waals surface area contributed by atoms with Gasteiger partial charge in [-0.15, -0.1) is 11.3 Å². The molecule has 0 aliphatic carbocycles. The van der Waals surface area contributed by atoms with E-state index < -0.39 is 0 Å². The van der Waals surface area contributed by atoms with Gasteiger partial charge in [0.25, 0.3) is 0 Å². The summed E-state index contributed by atoms with van der Waals surface area (Å²) in [7, 11) is 0. The molecule has 2 aromatic heterocycles. The molecule has 0 bridgehead atoms. The molecule has 3 heterocycles. The molecule has 100 valence electrons. The Hall–Kier alpha value is -1.41. The zero-order chi connectivity index (χ0) is 13.2. The average molecular weight is 342 g/mol. The smallest absolute Gasteiger partial charge is 0.322 e. The summed E-state index contributed by atoms with van der Waals surface area (Å²) in [6, 6.07) is 0.150. The Balaban J connectivity index is 1.61. The minimum atomic E-state index is -0.0938. The highest BCUT2D eigenvalue weighted by Crippen LogP contribution is 2.23. The molecule has 2 amide bonds. The Kier molecular flexibility index (Phi) is 3.52. The van der Waals surface area contributed by atoms with Crippen LogP contribution in [0.3, 0.4) is 0 Å². The number of aromatic nitrogens is 3. The van der Waals surface area contributed by atoms with E-state index in [-0.39, 0.29) is 12.1 Å². The van der Waals surface area contributed by atoms with Crippen LogP contribution in [0.2, 0.25) is 0 Å². The predicted octanol–water partition coefficient (Wildman–Crippen LogP) is 2.58. The zero-order valence-corrected chi connectivity index (χ0v) is 12.4. The molecule has 0 aromatic carbocycles. The largest absolute Gasteiger partial charge is 0.323 e. The number of nitrogens with one attached hydrogen (secondary N) is 1. The highest BCUT2D eigenvalue weighted by atomic mass is 79.9. The maximum atomic E-state index is 12.0. The molecule has 1 atom stereocenters. The average Bonchev–Trinajstić information content (AvgIpc) is 3.07. The summed E-state index contributed by atoms with van der Waals surface area (Å²) in [6.07, 6.45) is 6.29. The fraction of sp³-hybridized carbons (Fsp3) is 0.364. The maximum absolute atomic E-state index is 12.0. The van der Waals surface area contributed by atoms with Crippen LogP contribution in [0, 0.1) is 0 Å². The molecule has 3 rings (SSSR count). The molecule has 19 heavy (non-hydrogen) atoms. The Morgan fingerprint density at radius 2 is 2.47 bits per heavy atom. The number of likely N-dealkylation sites (tertiary alicyclic amines) is 1. The van der Waals surface area contributed by atoms with Crippen molar-refractivity contribution in [3.05, 3.63) is 28.4 Å². The zero-order valence-electron chi connectivity index (χ0n) is 9.99. The van der Waals surface area contributed by atoms with Gasteiger partial charge in [-0.25, -0.2) is 9.78 Å². The molecule has 1 fully saturated rings. The van der Waals surface area contributed by atoms with Crippen LogP contribution in [0.4, 0.5) is 9.93 Å². The summed E-state index contributed by atoms with van der Waals surface area (Å²) in [4.78, 5) is 17.9. The van der Waals surface area contributed by atoms with Crippen LogP contribution < -0.4 is 5.32 Å². The van der Waals surface area contributed by atoms with Crippen molar-refractivity contribution in [2.24, 2.45) is 0 Å². The normalized spacial score (nSPS) is 18.8. The van der Waals surface area contributed by atoms with Gasteiger partial charge in [0.15, 0.2) is 5.13 Å². The summed E-state index contributed by atoms with van der Waals surface area (Å²) in [6.45, 7) is 1.41. The monoisotopic (exact) mass is 341 g/mol. The van der Waals surface area contributed by atoms with E-state index in [9.17, 15) is 4.79 Å². The first-order chi connectivity index (χ1) is 9.22. The van der Waals surface area contributed by atoms with Crippen molar-refractivity contribution in [1.29, 1.82) is 0 Å². The Bertz CT molecular complexity index is 569. The van der Waals surface area contributed by atoms with E-state index in [4.69, 9.17) is 0 Å². The first-order valence-corrected chi connectivity index (χ1v) is 7.55. The van der Waals surface area contributed by atoms with Gasteiger partial charge < -0.3 is 4.90 Å². The van der Waals surface area contributed by atoms with Crippen LogP contribution in [-0.4, -0.2) is 38.8 Å². The predicted molar refractivity (Wildman–Crippen MR) is 76.3 cm³/mol. The minimum Gasteiger partial charge on any atom is -0.322 e. The third kappa shape index (κ3) is 2.79. The molecule has 0 saturated carbocycles. The summed E-state index contributed by atoms with van der Waals surface area (Å²) in [5, 5.41) is 9.54.